The number of halogens is 1. The first-order valence-electron chi connectivity index (χ1n) is 8.56. The summed E-state index contributed by atoms with van der Waals surface area (Å²) < 4.78 is 20.5. The third kappa shape index (κ3) is 3.29. The standard InChI is InChI=1S/C20H19FN2O2S/c1-20(2)11-13-6-3-5-12(18(13)25-20)9-10-16(24)22-19-23-17-14(21)7-4-8-15(17)26-19/h3-8H,9-11H2,1-2H3,(H,22,23,24). The lowest BCUT2D eigenvalue weighted by atomic mass is 9.99. The third-order valence-electron chi connectivity index (χ3n) is 4.41. The number of hydrogen-bond donors (Lipinski definition) is 1. The van der Waals surface area contributed by atoms with E-state index < -0.39 is 0 Å². The van der Waals surface area contributed by atoms with Gasteiger partial charge in [-0.2, -0.15) is 0 Å². The lowest BCUT2D eigenvalue weighted by Gasteiger charge is -2.18. The largest absolute Gasteiger partial charge is 0.487 e. The van der Waals surface area contributed by atoms with Crippen molar-refractivity contribution in [1.29, 1.82) is 0 Å². The number of fused-ring (bicyclic) bond motifs is 2. The molecule has 0 atom stereocenters. The van der Waals surface area contributed by atoms with E-state index in [1.165, 1.54) is 23.0 Å². The monoisotopic (exact) mass is 370 g/mol. The lowest BCUT2D eigenvalue weighted by molar-refractivity contribution is -0.116. The Morgan fingerprint density at radius 1 is 1.31 bits per heavy atom. The van der Waals surface area contributed by atoms with E-state index in [1.54, 1.807) is 12.1 Å². The van der Waals surface area contributed by atoms with Crippen LogP contribution in [0.15, 0.2) is 36.4 Å². The van der Waals surface area contributed by atoms with E-state index in [4.69, 9.17) is 4.74 Å². The molecule has 1 aliphatic rings. The average molecular weight is 370 g/mol. The maximum Gasteiger partial charge on any atom is 0.226 e. The molecule has 0 saturated carbocycles. The Balaban J connectivity index is 1.43. The van der Waals surface area contributed by atoms with Gasteiger partial charge >= 0.3 is 0 Å². The highest BCUT2D eigenvalue weighted by Gasteiger charge is 2.31. The number of hydrogen-bond acceptors (Lipinski definition) is 4. The number of carbonyl (C=O) groups excluding carboxylic acids is 1. The highest BCUT2D eigenvalue weighted by molar-refractivity contribution is 7.22. The molecule has 0 spiro atoms. The highest BCUT2D eigenvalue weighted by Crippen LogP contribution is 2.38. The Morgan fingerprint density at radius 2 is 2.12 bits per heavy atom. The summed E-state index contributed by atoms with van der Waals surface area (Å²) in [6.07, 6.45) is 1.78. The number of benzene rings is 2. The van der Waals surface area contributed by atoms with Gasteiger partial charge in [-0.25, -0.2) is 9.37 Å². The maximum atomic E-state index is 13.7. The molecule has 0 radical (unpaired) electrons. The van der Waals surface area contributed by atoms with Crippen molar-refractivity contribution in [3.8, 4) is 5.75 Å². The van der Waals surface area contributed by atoms with E-state index in [-0.39, 0.29) is 17.3 Å². The zero-order valence-corrected chi connectivity index (χ0v) is 15.5. The van der Waals surface area contributed by atoms with Crippen LogP contribution in [0.25, 0.3) is 10.2 Å². The van der Waals surface area contributed by atoms with Gasteiger partial charge < -0.3 is 10.1 Å². The number of para-hydroxylation sites is 2. The Morgan fingerprint density at radius 3 is 2.92 bits per heavy atom. The van der Waals surface area contributed by atoms with Crippen LogP contribution in [-0.2, 0) is 17.6 Å². The fourth-order valence-corrected chi connectivity index (χ4v) is 4.17. The minimum atomic E-state index is -0.376. The molecule has 6 heteroatoms. The van der Waals surface area contributed by atoms with Crippen LogP contribution < -0.4 is 10.1 Å². The van der Waals surface area contributed by atoms with Gasteiger partial charge in [0.2, 0.25) is 5.91 Å². The fourth-order valence-electron chi connectivity index (χ4n) is 3.27. The number of ether oxygens (including phenoxy) is 1. The van der Waals surface area contributed by atoms with Crippen molar-refractivity contribution in [2.45, 2.75) is 38.7 Å². The van der Waals surface area contributed by atoms with Crippen LogP contribution in [0.5, 0.6) is 5.75 Å². The SMILES string of the molecule is CC1(C)Cc2cccc(CCC(=O)Nc3nc4c(F)cccc4s3)c2O1. The van der Waals surface area contributed by atoms with Crippen molar-refractivity contribution in [1.82, 2.24) is 4.98 Å². The molecule has 0 fully saturated rings. The molecule has 1 aromatic heterocycles. The number of amides is 1. The molecule has 134 valence electrons. The molecule has 2 heterocycles. The number of carbonyl (C=O) groups is 1. The van der Waals surface area contributed by atoms with Crippen molar-refractivity contribution >= 4 is 32.6 Å². The van der Waals surface area contributed by atoms with Crippen LogP contribution in [0.4, 0.5) is 9.52 Å². The summed E-state index contributed by atoms with van der Waals surface area (Å²) in [5.74, 6) is 0.394. The molecule has 0 bridgehead atoms. The highest BCUT2D eigenvalue weighted by atomic mass is 32.1. The Bertz CT molecular complexity index is 997. The van der Waals surface area contributed by atoms with E-state index in [1.807, 2.05) is 12.1 Å². The Kier molecular flexibility index (Phi) is 4.15. The summed E-state index contributed by atoms with van der Waals surface area (Å²) >= 11 is 1.27. The fraction of sp³-hybridized carbons (Fsp3) is 0.300. The summed E-state index contributed by atoms with van der Waals surface area (Å²) in [4.78, 5) is 16.5. The zero-order valence-electron chi connectivity index (χ0n) is 14.6. The van der Waals surface area contributed by atoms with E-state index >= 15 is 0 Å². The molecule has 3 aromatic rings. The van der Waals surface area contributed by atoms with Gasteiger partial charge in [0.15, 0.2) is 5.13 Å². The lowest BCUT2D eigenvalue weighted by Crippen LogP contribution is -2.25. The predicted octanol–water partition coefficient (Wildman–Crippen LogP) is 4.72. The molecule has 0 aliphatic carbocycles. The van der Waals surface area contributed by atoms with Gasteiger partial charge in [-0.3, -0.25) is 4.79 Å². The van der Waals surface area contributed by atoms with Gasteiger partial charge in [0, 0.05) is 12.8 Å². The topological polar surface area (TPSA) is 51.2 Å². The second-order valence-electron chi connectivity index (χ2n) is 7.10. The van der Waals surface area contributed by atoms with Gasteiger partial charge in [-0.05, 0) is 43.5 Å². The van der Waals surface area contributed by atoms with Crippen molar-refractivity contribution < 1.29 is 13.9 Å². The van der Waals surface area contributed by atoms with Crippen LogP contribution >= 0.6 is 11.3 Å². The molecule has 26 heavy (non-hydrogen) atoms. The first-order valence-corrected chi connectivity index (χ1v) is 9.38. The average Bonchev–Trinajstić information content (AvgIpc) is 3.12. The van der Waals surface area contributed by atoms with E-state index in [2.05, 4.69) is 30.2 Å². The molecule has 4 nitrogen and oxygen atoms in total. The predicted molar refractivity (Wildman–Crippen MR) is 101 cm³/mol. The van der Waals surface area contributed by atoms with Crippen molar-refractivity contribution in [2.24, 2.45) is 0 Å². The number of nitrogens with zero attached hydrogens (tertiary/aromatic N) is 1. The number of nitrogens with one attached hydrogen (secondary N) is 1. The van der Waals surface area contributed by atoms with Gasteiger partial charge in [0.1, 0.15) is 22.7 Å². The molecule has 0 unspecified atom stereocenters. The molecular weight excluding hydrogens is 351 g/mol. The summed E-state index contributed by atoms with van der Waals surface area (Å²) in [7, 11) is 0. The van der Waals surface area contributed by atoms with E-state index in [9.17, 15) is 9.18 Å². The maximum absolute atomic E-state index is 13.7. The number of rotatable bonds is 4. The first-order chi connectivity index (χ1) is 12.4. The van der Waals surface area contributed by atoms with Crippen molar-refractivity contribution in [3.05, 3.63) is 53.3 Å². The second kappa shape index (κ2) is 6.36. The van der Waals surface area contributed by atoms with Crippen molar-refractivity contribution in [3.63, 3.8) is 0 Å². The number of aryl methyl sites for hydroxylation is 1. The van der Waals surface area contributed by atoms with Gasteiger partial charge in [0.25, 0.3) is 0 Å². The Hall–Kier alpha value is -2.47. The second-order valence-corrected chi connectivity index (χ2v) is 8.13. The number of anilines is 1. The summed E-state index contributed by atoms with van der Waals surface area (Å²) in [6, 6.07) is 10.9. The first kappa shape index (κ1) is 17.0. The van der Waals surface area contributed by atoms with Crippen LogP contribution in [0, 0.1) is 5.82 Å². The molecule has 4 rings (SSSR count). The summed E-state index contributed by atoms with van der Waals surface area (Å²) in [5, 5.41) is 3.20. The van der Waals surface area contributed by atoms with Gasteiger partial charge in [-0.1, -0.05) is 35.6 Å². The number of thiazole rings is 1. The normalized spacial score (nSPS) is 14.9. The quantitative estimate of drug-likeness (QED) is 0.723. The summed E-state index contributed by atoms with van der Waals surface area (Å²) in [5.41, 5.74) is 2.32. The molecule has 1 aliphatic heterocycles. The molecule has 1 N–H and O–H groups in total. The van der Waals surface area contributed by atoms with Crippen LogP contribution in [0.2, 0.25) is 0 Å². The van der Waals surface area contributed by atoms with Crippen LogP contribution in [0.3, 0.4) is 0 Å². The third-order valence-corrected chi connectivity index (χ3v) is 5.35. The molecule has 1 amide bonds. The molecule has 0 saturated heterocycles. The minimum absolute atomic E-state index is 0.140. The minimum Gasteiger partial charge on any atom is -0.487 e. The smallest absolute Gasteiger partial charge is 0.226 e. The zero-order chi connectivity index (χ0) is 18.3. The molecular formula is C20H19FN2O2S. The van der Waals surface area contributed by atoms with Gasteiger partial charge in [0.05, 0.1) is 4.70 Å². The van der Waals surface area contributed by atoms with E-state index in [0.717, 1.165) is 22.4 Å². The van der Waals surface area contributed by atoms with E-state index in [0.29, 0.717) is 23.5 Å². The van der Waals surface area contributed by atoms with Crippen molar-refractivity contribution in [2.75, 3.05) is 5.32 Å². The Labute approximate surface area is 155 Å². The van der Waals surface area contributed by atoms with Gasteiger partial charge in [-0.15, -0.1) is 0 Å². The van der Waals surface area contributed by atoms with Crippen LogP contribution in [0.1, 0.15) is 31.4 Å². The van der Waals surface area contributed by atoms with Crippen LogP contribution in [-0.4, -0.2) is 16.5 Å². The summed E-state index contributed by atoms with van der Waals surface area (Å²) in [6.45, 7) is 4.13. The molecule has 2 aromatic carbocycles. The number of aromatic nitrogens is 1.